The van der Waals surface area contributed by atoms with Crippen molar-refractivity contribution in [1.82, 2.24) is 40.0 Å². The Bertz CT molecular complexity index is 1160. The minimum atomic E-state index is -0.113. The second kappa shape index (κ2) is 8.42. The molecule has 0 spiro atoms. The number of hydrogen-bond acceptors (Lipinski definition) is 8. The van der Waals surface area contributed by atoms with Gasteiger partial charge in [-0.3, -0.25) is 9.78 Å². The third-order valence-corrected chi connectivity index (χ3v) is 5.23. The lowest BCUT2D eigenvalue weighted by Gasteiger charge is -2.31. The number of likely N-dealkylation sites (tertiary alicyclic amines) is 1. The summed E-state index contributed by atoms with van der Waals surface area (Å²) in [4.78, 5) is 28.9. The molecular formula is C21H20N8O2. The second-order valence-electron chi connectivity index (χ2n) is 7.42. The van der Waals surface area contributed by atoms with Crippen molar-refractivity contribution in [3.63, 3.8) is 0 Å². The Balaban J connectivity index is 1.24. The third-order valence-electron chi connectivity index (χ3n) is 5.23. The van der Waals surface area contributed by atoms with Crippen LogP contribution in [0.2, 0.25) is 0 Å². The molecule has 0 aliphatic carbocycles. The van der Waals surface area contributed by atoms with E-state index in [0.29, 0.717) is 42.6 Å². The first-order chi connectivity index (χ1) is 15.3. The molecule has 3 aromatic heterocycles. The smallest absolute Gasteiger partial charge is 0.276 e. The highest BCUT2D eigenvalue weighted by Gasteiger charge is 2.27. The fourth-order valence-corrected chi connectivity index (χ4v) is 3.73. The topological polar surface area (TPSA) is 116 Å². The summed E-state index contributed by atoms with van der Waals surface area (Å²) in [6.45, 7) is 1.31. The predicted octanol–water partition coefficient (Wildman–Crippen LogP) is 2.20. The highest BCUT2D eigenvalue weighted by molar-refractivity contribution is 5.92. The summed E-state index contributed by atoms with van der Waals surface area (Å²) in [7, 11) is 0. The monoisotopic (exact) mass is 416 g/mol. The lowest BCUT2D eigenvalue weighted by molar-refractivity contribution is 0.0661. The standard InChI is InChI=1S/C21H20N8O2/c30-21(18-13-24-29(26-18)16-6-2-1-3-7-16)28-10-4-5-15(14-28)11-19-25-20(27-31-19)17-12-22-8-9-23-17/h1-3,6-9,12-13,15H,4-5,10-11,14H2/t15-/m1/s1. The van der Waals surface area contributed by atoms with Crippen molar-refractivity contribution in [1.29, 1.82) is 0 Å². The van der Waals surface area contributed by atoms with E-state index in [-0.39, 0.29) is 11.8 Å². The van der Waals surface area contributed by atoms with E-state index in [4.69, 9.17) is 4.52 Å². The van der Waals surface area contributed by atoms with Gasteiger partial charge < -0.3 is 9.42 Å². The third kappa shape index (κ3) is 4.18. The number of benzene rings is 1. The van der Waals surface area contributed by atoms with Crippen molar-refractivity contribution in [2.75, 3.05) is 13.1 Å². The van der Waals surface area contributed by atoms with Crippen molar-refractivity contribution in [3.05, 3.63) is 66.7 Å². The van der Waals surface area contributed by atoms with Crippen LogP contribution in [-0.2, 0) is 6.42 Å². The van der Waals surface area contributed by atoms with Gasteiger partial charge in [0.1, 0.15) is 5.69 Å². The number of para-hydroxylation sites is 1. The van der Waals surface area contributed by atoms with Crippen LogP contribution in [0.15, 0.2) is 59.6 Å². The molecule has 4 heterocycles. The fourth-order valence-electron chi connectivity index (χ4n) is 3.73. The Morgan fingerprint density at radius 1 is 1.16 bits per heavy atom. The Morgan fingerprint density at radius 2 is 2.06 bits per heavy atom. The van der Waals surface area contributed by atoms with Crippen LogP contribution >= 0.6 is 0 Å². The van der Waals surface area contributed by atoms with E-state index >= 15 is 0 Å². The van der Waals surface area contributed by atoms with Crippen LogP contribution < -0.4 is 0 Å². The summed E-state index contributed by atoms with van der Waals surface area (Å²) < 4.78 is 5.40. The van der Waals surface area contributed by atoms with Crippen molar-refractivity contribution in [2.24, 2.45) is 5.92 Å². The number of rotatable bonds is 5. The molecule has 0 saturated carbocycles. The van der Waals surface area contributed by atoms with Crippen LogP contribution in [0.5, 0.6) is 0 Å². The highest BCUT2D eigenvalue weighted by atomic mass is 16.5. The van der Waals surface area contributed by atoms with Gasteiger partial charge >= 0.3 is 0 Å². The predicted molar refractivity (Wildman–Crippen MR) is 109 cm³/mol. The van der Waals surface area contributed by atoms with Gasteiger partial charge in [0.05, 0.1) is 18.1 Å². The summed E-state index contributed by atoms with van der Waals surface area (Å²) in [6, 6.07) is 9.52. The van der Waals surface area contributed by atoms with Crippen LogP contribution in [0.3, 0.4) is 0 Å². The molecule has 0 N–H and O–H groups in total. The minimum Gasteiger partial charge on any atom is -0.339 e. The van der Waals surface area contributed by atoms with E-state index in [2.05, 4.69) is 30.3 Å². The normalized spacial score (nSPS) is 16.4. The Kier molecular flexibility index (Phi) is 5.17. The van der Waals surface area contributed by atoms with Crippen molar-refractivity contribution < 1.29 is 9.32 Å². The zero-order valence-electron chi connectivity index (χ0n) is 16.7. The van der Waals surface area contributed by atoms with Crippen LogP contribution in [0.25, 0.3) is 17.2 Å². The maximum absolute atomic E-state index is 13.0. The molecule has 4 aromatic rings. The molecule has 10 heteroatoms. The first-order valence-electron chi connectivity index (χ1n) is 10.1. The number of nitrogens with zero attached hydrogens (tertiary/aromatic N) is 8. The summed E-state index contributed by atoms with van der Waals surface area (Å²) in [5.74, 6) is 1.08. The summed E-state index contributed by atoms with van der Waals surface area (Å²) >= 11 is 0. The quantitative estimate of drug-likeness (QED) is 0.486. The Labute approximate surface area is 177 Å². The second-order valence-corrected chi connectivity index (χ2v) is 7.42. The lowest BCUT2D eigenvalue weighted by atomic mass is 9.94. The van der Waals surface area contributed by atoms with Crippen LogP contribution in [0.4, 0.5) is 0 Å². The van der Waals surface area contributed by atoms with Crippen molar-refractivity contribution in [2.45, 2.75) is 19.3 Å². The molecule has 10 nitrogen and oxygen atoms in total. The number of carbonyl (C=O) groups is 1. The van der Waals surface area contributed by atoms with Gasteiger partial charge in [0, 0.05) is 31.9 Å². The number of aromatic nitrogens is 7. The number of carbonyl (C=O) groups excluding carboxylic acids is 1. The molecule has 31 heavy (non-hydrogen) atoms. The molecule has 1 aromatic carbocycles. The molecule has 1 aliphatic heterocycles. The van der Waals surface area contributed by atoms with E-state index in [1.54, 1.807) is 18.6 Å². The molecule has 0 unspecified atom stereocenters. The summed E-state index contributed by atoms with van der Waals surface area (Å²) in [5, 5.41) is 12.6. The first kappa shape index (κ1) is 19.0. The molecular weight excluding hydrogens is 396 g/mol. The fraction of sp³-hybridized carbons (Fsp3) is 0.286. The van der Waals surface area contributed by atoms with Gasteiger partial charge in [-0.15, -0.1) is 5.10 Å². The molecule has 0 bridgehead atoms. The van der Waals surface area contributed by atoms with Crippen LogP contribution in [0.1, 0.15) is 29.2 Å². The first-order valence-corrected chi connectivity index (χ1v) is 10.1. The lowest BCUT2D eigenvalue weighted by Crippen LogP contribution is -2.40. The van der Waals surface area contributed by atoms with Crippen LogP contribution in [-0.4, -0.2) is 59.0 Å². The van der Waals surface area contributed by atoms with E-state index in [1.165, 1.54) is 11.0 Å². The van der Waals surface area contributed by atoms with E-state index in [9.17, 15) is 4.79 Å². The van der Waals surface area contributed by atoms with E-state index in [1.807, 2.05) is 35.2 Å². The molecule has 1 aliphatic rings. The molecule has 5 rings (SSSR count). The van der Waals surface area contributed by atoms with Gasteiger partial charge in [-0.25, -0.2) is 4.98 Å². The molecule has 0 radical (unpaired) electrons. The zero-order chi connectivity index (χ0) is 21.0. The van der Waals surface area contributed by atoms with Gasteiger partial charge in [-0.05, 0) is 30.9 Å². The largest absolute Gasteiger partial charge is 0.339 e. The number of amides is 1. The molecule has 1 fully saturated rings. The van der Waals surface area contributed by atoms with Gasteiger partial charge in [-0.1, -0.05) is 23.4 Å². The SMILES string of the molecule is O=C(c1cnn(-c2ccccc2)n1)N1CCC[C@H](Cc2nc(-c3cnccn3)no2)C1. The Morgan fingerprint density at radius 3 is 2.90 bits per heavy atom. The molecule has 1 amide bonds. The van der Waals surface area contributed by atoms with Gasteiger partial charge in [-0.2, -0.15) is 14.9 Å². The average molecular weight is 416 g/mol. The van der Waals surface area contributed by atoms with Gasteiger partial charge in [0.15, 0.2) is 5.69 Å². The summed E-state index contributed by atoms with van der Waals surface area (Å²) in [6.07, 6.45) is 8.80. The zero-order valence-corrected chi connectivity index (χ0v) is 16.7. The van der Waals surface area contributed by atoms with Crippen molar-refractivity contribution in [3.8, 4) is 17.2 Å². The minimum absolute atomic E-state index is 0.113. The molecule has 1 saturated heterocycles. The van der Waals surface area contributed by atoms with Crippen molar-refractivity contribution >= 4 is 5.91 Å². The van der Waals surface area contributed by atoms with E-state index in [0.717, 1.165) is 18.5 Å². The number of piperidine rings is 1. The maximum atomic E-state index is 13.0. The Hall–Kier alpha value is -3.95. The molecule has 156 valence electrons. The van der Waals surface area contributed by atoms with Crippen LogP contribution in [0, 0.1) is 5.92 Å². The van der Waals surface area contributed by atoms with E-state index < -0.39 is 0 Å². The summed E-state index contributed by atoms with van der Waals surface area (Å²) in [5.41, 5.74) is 1.72. The highest BCUT2D eigenvalue weighted by Crippen LogP contribution is 2.22. The van der Waals surface area contributed by atoms with Gasteiger partial charge in [0.2, 0.25) is 11.7 Å². The molecule has 1 atom stereocenters. The maximum Gasteiger partial charge on any atom is 0.276 e. The number of hydrogen-bond donors (Lipinski definition) is 0. The average Bonchev–Trinajstić information content (AvgIpc) is 3.50. The van der Waals surface area contributed by atoms with Gasteiger partial charge in [0.25, 0.3) is 5.91 Å².